The summed E-state index contributed by atoms with van der Waals surface area (Å²) in [5.41, 5.74) is 2.40. The number of rotatable bonds is 8. The molecule has 0 saturated heterocycles. The molecule has 0 bridgehead atoms. The summed E-state index contributed by atoms with van der Waals surface area (Å²) in [6.07, 6.45) is 0. The number of aryl methyl sites for hydroxylation is 2. The van der Waals surface area contributed by atoms with Crippen molar-refractivity contribution >= 4 is 17.7 Å². The zero-order valence-electron chi connectivity index (χ0n) is 14.3. The Morgan fingerprint density at radius 1 is 1.12 bits per heavy atom. The number of carbonyl (C=O) groups is 1. The third-order valence-corrected chi connectivity index (χ3v) is 4.61. The lowest BCUT2D eigenvalue weighted by molar-refractivity contribution is -0.118. The number of nitrogens with one attached hydrogen (secondary N) is 1. The van der Waals surface area contributed by atoms with E-state index in [1.165, 1.54) is 11.1 Å². The van der Waals surface area contributed by atoms with Crippen molar-refractivity contribution in [2.75, 3.05) is 26.0 Å². The van der Waals surface area contributed by atoms with Crippen LogP contribution in [0.4, 0.5) is 0 Å². The quantitative estimate of drug-likeness (QED) is 0.587. The molecule has 0 aliphatic carbocycles. The van der Waals surface area contributed by atoms with Crippen molar-refractivity contribution in [2.45, 2.75) is 18.7 Å². The Morgan fingerprint density at radius 2 is 1.88 bits per heavy atom. The summed E-state index contributed by atoms with van der Waals surface area (Å²) in [6.45, 7) is 4.98. The van der Waals surface area contributed by atoms with Gasteiger partial charge in [0.15, 0.2) is 11.5 Å². The van der Waals surface area contributed by atoms with Gasteiger partial charge in [0.2, 0.25) is 5.91 Å². The Balaban J connectivity index is 1.71. The first-order chi connectivity index (χ1) is 11.6. The Morgan fingerprint density at radius 3 is 2.62 bits per heavy atom. The van der Waals surface area contributed by atoms with Gasteiger partial charge in [0, 0.05) is 4.90 Å². The normalized spacial score (nSPS) is 10.3. The Bertz CT molecular complexity index is 688. The van der Waals surface area contributed by atoms with E-state index in [2.05, 4.69) is 37.4 Å². The molecule has 2 rings (SSSR count). The van der Waals surface area contributed by atoms with E-state index in [1.54, 1.807) is 18.9 Å². The van der Waals surface area contributed by atoms with Gasteiger partial charge in [0.25, 0.3) is 0 Å². The molecular formula is C19H23NO3S. The van der Waals surface area contributed by atoms with Gasteiger partial charge in [-0.15, -0.1) is 11.8 Å². The minimum Gasteiger partial charge on any atom is -0.493 e. The van der Waals surface area contributed by atoms with Crippen LogP contribution >= 0.6 is 11.8 Å². The van der Waals surface area contributed by atoms with Gasteiger partial charge < -0.3 is 14.8 Å². The molecule has 5 heteroatoms. The topological polar surface area (TPSA) is 47.6 Å². The zero-order valence-corrected chi connectivity index (χ0v) is 15.1. The molecule has 0 aromatic heterocycles. The van der Waals surface area contributed by atoms with Crippen molar-refractivity contribution in [3.8, 4) is 11.5 Å². The summed E-state index contributed by atoms with van der Waals surface area (Å²) in [4.78, 5) is 13.1. The van der Waals surface area contributed by atoms with Gasteiger partial charge in [-0.25, -0.2) is 0 Å². The highest BCUT2D eigenvalue weighted by molar-refractivity contribution is 8.00. The van der Waals surface area contributed by atoms with Crippen LogP contribution in [-0.2, 0) is 4.79 Å². The molecule has 2 aromatic carbocycles. The molecule has 2 aromatic rings. The highest BCUT2D eigenvalue weighted by Crippen LogP contribution is 2.25. The maximum atomic E-state index is 11.9. The Labute approximate surface area is 147 Å². The lowest BCUT2D eigenvalue weighted by atomic mass is 10.2. The summed E-state index contributed by atoms with van der Waals surface area (Å²) in [7, 11) is 1.61. The second kappa shape index (κ2) is 9.23. The smallest absolute Gasteiger partial charge is 0.230 e. The number of hydrogen-bond donors (Lipinski definition) is 1. The SMILES string of the molecule is COc1ccccc1OCCNC(=O)CSc1cc(C)ccc1C. The van der Waals surface area contributed by atoms with Crippen molar-refractivity contribution in [1.29, 1.82) is 0 Å². The average Bonchev–Trinajstić information content (AvgIpc) is 2.59. The van der Waals surface area contributed by atoms with Crippen molar-refractivity contribution < 1.29 is 14.3 Å². The number of carbonyl (C=O) groups excluding carboxylic acids is 1. The third-order valence-electron chi connectivity index (χ3n) is 3.45. The Hall–Kier alpha value is -2.14. The molecule has 24 heavy (non-hydrogen) atoms. The number of ether oxygens (including phenoxy) is 2. The van der Waals surface area contributed by atoms with Gasteiger partial charge in [0.1, 0.15) is 6.61 Å². The van der Waals surface area contributed by atoms with Crippen LogP contribution in [0.15, 0.2) is 47.4 Å². The molecule has 1 N–H and O–H groups in total. The summed E-state index contributed by atoms with van der Waals surface area (Å²) >= 11 is 1.56. The summed E-state index contributed by atoms with van der Waals surface area (Å²) in [5, 5.41) is 2.87. The summed E-state index contributed by atoms with van der Waals surface area (Å²) < 4.78 is 10.8. The van der Waals surface area contributed by atoms with Crippen LogP contribution in [0.3, 0.4) is 0 Å². The van der Waals surface area contributed by atoms with E-state index in [9.17, 15) is 4.79 Å². The molecule has 0 atom stereocenters. The minimum atomic E-state index is 0.00420. The molecule has 0 spiro atoms. The molecular weight excluding hydrogens is 322 g/mol. The van der Waals surface area contributed by atoms with E-state index in [1.807, 2.05) is 24.3 Å². The van der Waals surface area contributed by atoms with Crippen molar-refractivity contribution in [3.63, 3.8) is 0 Å². The van der Waals surface area contributed by atoms with Gasteiger partial charge in [-0.05, 0) is 37.6 Å². The fourth-order valence-electron chi connectivity index (χ4n) is 2.15. The van der Waals surface area contributed by atoms with E-state index in [0.717, 1.165) is 4.90 Å². The molecule has 1 amide bonds. The number of benzene rings is 2. The van der Waals surface area contributed by atoms with E-state index in [-0.39, 0.29) is 5.91 Å². The third kappa shape index (κ3) is 5.49. The van der Waals surface area contributed by atoms with E-state index in [0.29, 0.717) is 30.4 Å². The lowest BCUT2D eigenvalue weighted by Crippen LogP contribution is -2.29. The second-order valence-corrected chi connectivity index (χ2v) is 6.42. The predicted octanol–water partition coefficient (Wildman–Crippen LogP) is 3.60. The zero-order chi connectivity index (χ0) is 17.4. The molecule has 0 aliphatic heterocycles. The molecule has 0 unspecified atom stereocenters. The number of hydrogen-bond acceptors (Lipinski definition) is 4. The number of para-hydroxylation sites is 2. The van der Waals surface area contributed by atoms with Crippen molar-refractivity contribution in [1.82, 2.24) is 5.32 Å². The van der Waals surface area contributed by atoms with Crippen LogP contribution < -0.4 is 14.8 Å². The standard InChI is InChI=1S/C19H23NO3S/c1-14-8-9-15(2)18(12-14)24-13-19(21)20-10-11-23-17-7-5-4-6-16(17)22-3/h4-9,12H,10-11,13H2,1-3H3,(H,20,21). The monoisotopic (exact) mass is 345 g/mol. The van der Waals surface area contributed by atoms with Crippen LogP contribution in [0.1, 0.15) is 11.1 Å². The summed E-state index contributed by atoms with van der Waals surface area (Å²) in [5.74, 6) is 1.77. The molecule has 0 heterocycles. The summed E-state index contributed by atoms with van der Waals surface area (Å²) in [6, 6.07) is 13.7. The minimum absolute atomic E-state index is 0.00420. The molecule has 128 valence electrons. The molecule has 4 nitrogen and oxygen atoms in total. The maximum absolute atomic E-state index is 11.9. The fourth-order valence-corrected chi connectivity index (χ4v) is 3.10. The van der Waals surface area contributed by atoms with E-state index < -0.39 is 0 Å². The number of methoxy groups -OCH3 is 1. The van der Waals surface area contributed by atoms with Crippen LogP contribution in [0.25, 0.3) is 0 Å². The molecule has 0 aliphatic rings. The molecule has 0 radical (unpaired) electrons. The van der Waals surface area contributed by atoms with Gasteiger partial charge in [-0.2, -0.15) is 0 Å². The largest absolute Gasteiger partial charge is 0.493 e. The first-order valence-electron chi connectivity index (χ1n) is 7.82. The van der Waals surface area contributed by atoms with Gasteiger partial charge >= 0.3 is 0 Å². The van der Waals surface area contributed by atoms with Crippen LogP contribution in [0.2, 0.25) is 0 Å². The highest BCUT2D eigenvalue weighted by atomic mass is 32.2. The van der Waals surface area contributed by atoms with Crippen LogP contribution in [-0.4, -0.2) is 31.9 Å². The molecule has 0 fully saturated rings. The maximum Gasteiger partial charge on any atom is 0.230 e. The van der Waals surface area contributed by atoms with Crippen molar-refractivity contribution in [3.05, 3.63) is 53.6 Å². The average molecular weight is 345 g/mol. The number of thioether (sulfide) groups is 1. The first kappa shape index (κ1) is 18.2. The molecule has 0 saturated carbocycles. The van der Waals surface area contributed by atoms with E-state index in [4.69, 9.17) is 9.47 Å². The van der Waals surface area contributed by atoms with Gasteiger partial charge in [0.05, 0.1) is 19.4 Å². The fraction of sp³-hybridized carbons (Fsp3) is 0.316. The highest BCUT2D eigenvalue weighted by Gasteiger charge is 2.06. The van der Waals surface area contributed by atoms with Crippen LogP contribution in [0.5, 0.6) is 11.5 Å². The van der Waals surface area contributed by atoms with Gasteiger partial charge in [-0.3, -0.25) is 4.79 Å². The van der Waals surface area contributed by atoms with E-state index >= 15 is 0 Å². The van der Waals surface area contributed by atoms with Crippen LogP contribution in [0, 0.1) is 13.8 Å². The predicted molar refractivity (Wildman–Crippen MR) is 98.1 cm³/mol. The Kier molecular flexibility index (Phi) is 7.00. The number of amides is 1. The van der Waals surface area contributed by atoms with Crippen molar-refractivity contribution in [2.24, 2.45) is 0 Å². The second-order valence-electron chi connectivity index (χ2n) is 5.41. The van der Waals surface area contributed by atoms with Gasteiger partial charge in [-0.1, -0.05) is 29.8 Å². The lowest BCUT2D eigenvalue weighted by Gasteiger charge is -2.11. The first-order valence-corrected chi connectivity index (χ1v) is 8.81.